The number of carbonyl (C=O) groups is 1. The highest BCUT2D eigenvalue weighted by molar-refractivity contribution is 6.16. The number of ketones is 1. The molecule has 0 radical (unpaired) electrons. The molecule has 0 atom stereocenters. The molecule has 2 nitrogen and oxygen atoms in total. The molecule has 3 aromatic rings. The highest BCUT2D eigenvalue weighted by atomic mass is 19.2. The molecule has 0 aliphatic rings. The Kier molecular flexibility index (Phi) is 3.01. The number of hydrogen-bond donors (Lipinski definition) is 1. The van der Waals surface area contributed by atoms with Crippen molar-refractivity contribution in [2.24, 2.45) is 0 Å². The van der Waals surface area contributed by atoms with Crippen molar-refractivity contribution in [1.82, 2.24) is 4.98 Å². The maximum Gasteiger partial charge on any atom is 0.195 e. The van der Waals surface area contributed by atoms with E-state index in [0.29, 0.717) is 17.6 Å². The predicted octanol–water partition coefficient (Wildman–Crippen LogP) is 3.96. The average molecular weight is 293 g/mol. The Morgan fingerprint density at radius 1 is 0.952 bits per heavy atom. The third-order valence-corrected chi connectivity index (χ3v) is 3.15. The molecule has 0 saturated heterocycles. The number of halogens is 4. The minimum atomic E-state index is -1.66. The third kappa shape index (κ3) is 2.08. The number of fused-ring (bicyclic) bond motifs is 1. The van der Waals surface area contributed by atoms with Gasteiger partial charge in [-0.25, -0.2) is 17.6 Å². The Labute approximate surface area is 116 Å². The number of aromatic amines is 1. The van der Waals surface area contributed by atoms with E-state index in [9.17, 15) is 22.4 Å². The van der Waals surface area contributed by atoms with Gasteiger partial charge in [-0.3, -0.25) is 4.79 Å². The molecule has 0 amide bonds. The van der Waals surface area contributed by atoms with Gasteiger partial charge in [0.1, 0.15) is 5.82 Å². The van der Waals surface area contributed by atoms with Gasteiger partial charge in [-0.05, 0) is 24.3 Å². The summed E-state index contributed by atoms with van der Waals surface area (Å²) in [5.74, 6) is -6.04. The number of aromatic nitrogens is 1. The van der Waals surface area contributed by atoms with Gasteiger partial charge in [0, 0.05) is 22.7 Å². The molecule has 3 rings (SSSR count). The largest absolute Gasteiger partial charge is 0.360 e. The highest BCUT2D eigenvalue weighted by Crippen LogP contribution is 2.25. The van der Waals surface area contributed by atoms with Crippen LogP contribution in [-0.2, 0) is 0 Å². The van der Waals surface area contributed by atoms with Crippen molar-refractivity contribution >= 4 is 16.7 Å². The lowest BCUT2D eigenvalue weighted by Crippen LogP contribution is -2.04. The van der Waals surface area contributed by atoms with Crippen LogP contribution in [0.4, 0.5) is 17.6 Å². The van der Waals surface area contributed by atoms with Gasteiger partial charge in [-0.2, -0.15) is 0 Å². The zero-order chi connectivity index (χ0) is 15.1. The van der Waals surface area contributed by atoms with Gasteiger partial charge in [-0.1, -0.05) is 6.07 Å². The molecule has 0 spiro atoms. The standard InChI is InChI=1S/C15H7F4NO/c16-9-2-1-3-12-13(9)8(6-20-12)15(21)7-4-10(17)14(19)11(18)5-7/h1-6,20H. The normalized spacial score (nSPS) is 11.0. The van der Waals surface area contributed by atoms with Crippen molar-refractivity contribution in [3.05, 3.63) is 70.9 Å². The molecule has 2 aromatic carbocycles. The maximum absolute atomic E-state index is 13.8. The molecule has 1 aromatic heterocycles. The SMILES string of the molecule is O=C(c1cc(F)c(F)c(F)c1)c1c[nH]c2cccc(F)c12. The van der Waals surface area contributed by atoms with Crippen LogP contribution in [0.2, 0.25) is 0 Å². The summed E-state index contributed by atoms with van der Waals surface area (Å²) in [5.41, 5.74) is -0.0922. The van der Waals surface area contributed by atoms with Crippen molar-refractivity contribution < 1.29 is 22.4 Å². The number of carbonyl (C=O) groups excluding carboxylic acids is 1. The first-order valence-corrected chi connectivity index (χ1v) is 5.94. The first-order chi connectivity index (χ1) is 9.99. The second-order valence-corrected chi connectivity index (χ2v) is 4.45. The van der Waals surface area contributed by atoms with Gasteiger partial charge in [0.25, 0.3) is 0 Å². The van der Waals surface area contributed by atoms with Crippen molar-refractivity contribution in [2.45, 2.75) is 0 Å². The smallest absolute Gasteiger partial charge is 0.195 e. The highest BCUT2D eigenvalue weighted by Gasteiger charge is 2.20. The lowest BCUT2D eigenvalue weighted by molar-refractivity contribution is 0.103. The van der Waals surface area contributed by atoms with E-state index >= 15 is 0 Å². The predicted molar refractivity (Wildman–Crippen MR) is 68.0 cm³/mol. The van der Waals surface area contributed by atoms with Crippen LogP contribution in [0.1, 0.15) is 15.9 Å². The zero-order valence-corrected chi connectivity index (χ0v) is 10.4. The molecule has 21 heavy (non-hydrogen) atoms. The molecule has 106 valence electrons. The minimum absolute atomic E-state index is 0.0210. The van der Waals surface area contributed by atoms with Crippen LogP contribution in [-0.4, -0.2) is 10.8 Å². The lowest BCUT2D eigenvalue weighted by atomic mass is 10.0. The zero-order valence-electron chi connectivity index (χ0n) is 10.4. The fraction of sp³-hybridized carbons (Fsp3) is 0. The first-order valence-electron chi connectivity index (χ1n) is 5.94. The number of H-pyrrole nitrogens is 1. The Bertz CT molecular complexity index is 846. The molecule has 0 saturated carbocycles. The quantitative estimate of drug-likeness (QED) is 0.433. The van der Waals surface area contributed by atoms with E-state index in [4.69, 9.17) is 0 Å². The van der Waals surface area contributed by atoms with Gasteiger partial charge in [0.15, 0.2) is 23.2 Å². The molecule has 0 aliphatic heterocycles. The minimum Gasteiger partial charge on any atom is -0.360 e. The summed E-state index contributed by atoms with van der Waals surface area (Å²) >= 11 is 0. The van der Waals surface area contributed by atoms with E-state index in [1.165, 1.54) is 18.3 Å². The number of benzene rings is 2. The Morgan fingerprint density at radius 3 is 2.29 bits per heavy atom. The van der Waals surface area contributed by atoms with E-state index in [-0.39, 0.29) is 10.9 Å². The van der Waals surface area contributed by atoms with Gasteiger partial charge in [0.2, 0.25) is 0 Å². The maximum atomic E-state index is 13.8. The fourth-order valence-corrected chi connectivity index (χ4v) is 2.16. The molecule has 0 aliphatic carbocycles. The van der Waals surface area contributed by atoms with E-state index in [1.54, 1.807) is 6.07 Å². The van der Waals surface area contributed by atoms with E-state index < -0.39 is 34.6 Å². The Balaban J connectivity index is 2.17. The third-order valence-electron chi connectivity index (χ3n) is 3.15. The van der Waals surface area contributed by atoms with Crippen LogP contribution in [0.25, 0.3) is 10.9 Å². The summed E-state index contributed by atoms with van der Waals surface area (Å²) in [6, 6.07) is 5.35. The molecule has 0 unspecified atom stereocenters. The molecular weight excluding hydrogens is 286 g/mol. The monoisotopic (exact) mass is 293 g/mol. The summed E-state index contributed by atoms with van der Waals surface area (Å²) in [7, 11) is 0. The second kappa shape index (κ2) is 4.73. The lowest BCUT2D eigenvalue weighted by Gasteiger charge is -2.02. The van der Waals surface area contributed by atoms with Gasteiger partial charge in [0.05, 0.1) is 5.56 Å². The van der Waals surface area contributed by atoms with Gasteiger partial charge >= 0.3 is 0 Å². The molecular formula is C15H7F4NO. The number of hydrogen-bond acceptors (Lipinski definition) is 1. The summed E-state index contributed by atoms with van der Waals surface area (Å²) in [5, 5.41) is 0.0210. The summed E-state index contributed by atoms with van der Waals surface area (Å²) in [4.78, 5) is 14.9. The van der Waals surface area contributed by atoms with E-state index in [1.807, 2.05) is 0 Å². The number of nitrogens with one attached hydrogen (secondary N) is 1. The topological polar surface area (TPSA) is 32.9 Å². The molecule has 0 fully saturated rings. The van der Waals surface area contributed by atoms with E-state index in [2.05, 4.69) is 4.98 Å². The molecule has 1 heterocycles. The van der Waals surface area contributed by atoms with Gasteiger partial charge < -0.3 is 4.98 Å². The fourth-order valence-electron chi connectivity index (χ4n) is 2.16. The van der Waals surface area contributed by atoms with Crippen LogP contribution >= 0.6 is 0 Å². The van der Waals surface area contributed by atoms with Gasteiger partial charge in [-0.15, -0.1) is 0 Å². The Hall–Kier alpha value is -2.63. The average Bonchev–Trinajstić information content (AvgIpc) is 2.89. The summed E-state index contributed by atoms with van der Waals surface area (Å²) < 4.78 is 53.1. The van der Waals surface area contributed by atoms with Crippen LogP contribution in [0.15, 0.2) is 36.5 Å². The van der Waals surface area contributed by atoms with Crippen molar-refractivity contribution in [3.8, 4) is 0 Å². The van der Waals surface area contributed by atoms with Crippen LogP contribution in [0.3, 0.4) is 0 Å². The van der Waals surface area contributed by atoms with Crippen molar-refractivity contribution in [1.29, 1.82) is 0 Å². The second-order valence-electron chi connectivity index (χ2n) is 4.45. The van der Waals surface area contributed by atoms with Crippen LogP contribution < -0.4 is 0 Å². The molecule has 1 N–H and O–H groups in total. The number of rotatable bonds is 2. The van der Waals surface area contributed by atoms with Crippen molar-refractivity contribution in [2.75, 3.05) is 0 Å². The van der Waals surface area contributed by atoms with Crippen LogP contribution in [0.5, 0.6) is 0 Å². The first kappa shape index (κ1) is 13.4. The van der Waals surface area contributed by atoms with Crippen LogP contribution in [0, 0.1) is 23.3 Å². The molecule has 0 bridgehead atoms. The molecule has 6 heteroatoms. The van der Waals surface area contributed by atoms with E-state index in [0.717, 1.165) is 0 Å². The summed E-state index contributed by atoms with van der Waals surface area (Å²) in [6.45, 7) is 0. The Morgan fingerprint density at radius 2 is 1.62 bits per heavy atom. The summed E-state index contributed by atoms with van der Waals surface area (Å²) in [6.07, 6.45) is 1.25. The van der Waals surface area contributed by atoms with Crippen molar-refractivity contribution in [3.63, 3.8) is 0 Å².